The number of carbonyl (C=O) groups is 1. The molecular weight excluding hydrogens is 252 g/mol. The molecule has 0 saturated carbocycles. The third-order valence-corrected chi connectivity index (χ3v) is 5.08. The molecule has 0 rings (SSSR count). The zero-order valence-electron chi connectivity index (χ0n) is 11.8. The van der Waals surface area contributed by atoms with Gasteiger partial charge in [-0.15, -0.1) is 0 Å². The predicted octanol–water partition coefficient (Wildman–Crippen LogP) is 0.689. The Morgan fingerprint density at radius 1 is 1.28 bits per heavy atom. The molecule has 1 amide bonds. The molecule has 3 N–H and O–H groups in total. The van der Waals surface area contributed by atoms with Gasteiger partial charge in [-0.25, -0.2) is 8.42 Å². The van der Waals surface area contributed by atoms with Crippen LogP contribution in [0.25, 0.3) is 0 Å². The van der Waals surface area contributed by atoms with E-state index in [1.54, 1.807) is 0 Å². The fourth-order valence-corrected chi connectivity index (χ4v) is 2.88. The van der Waals surface area contributed by atoms with Crippen molar-refractivity contribution < 1.29 is 13.2 Å². The zero-order chi connectivity index (χ0) is 14.3. The number of nitrogens with two attached hydrogens (primary N) is 1. The third kappa shape index (κ3) is 6.35. The largest absolute Gasteiger partial charge is 0.355 e. The van der Waals surface area contributed by atoms with Gasteiger partial charge in [0.05, 0.1) is 5.75 Å². The average Bonchev–Trinajstić information content (AvgIpc) is 2.26. The Morgan fingerprint density at radius 2 is 1.83 bits per heavy atom. The normalized spacial score (nSPS) is 15.4. The van der Waals surface area contributed by atoms with Gasteiger partial charge in [0.25, 0.3) is 0 Å². The maximum atomic E-state index is 11.9. The summed E-state index contributed by atoms with van der Waals surface area (Å²) >= 11 is 0. The van der Waals surface area contributed by atoms with Crippen molar-refractivity contribution in [3.63, 3.8) is 0 Å². The smallest absolute Gasteiger partial charge is 0.238 e. The molecule has 5 nitrogen and oxygen atoms in total. The van der Waals surface area contributed by atoms with Crippen LogP contribution in [-0.4, -0.2) is 37.9 Å². The van der Waals surface area contributed by atoms with Crippen LogP contribution in [0.2, 0.25) is 0 Å². The molecule has 0 fully saturated rings. The zero-order valence-corrected chi connectivity index (χ0v) is 12.6. The van der Waals surface area contributed by atoms with Crippen LogP contribution in [-0.2, 0) is 14.6 Å². The summed E-state index contributed by atoms with van der Waals surface area (Å²) in [4.78, 5) is 11.7. The topological polar surface area (TPSA) is 89.3 Å². The first-order chi connectivity index (χ1) is 8.20. The number of amides is 1. The second-order valence-electron chi connectivity index (χ2n) is 5.11. The fourth-order valence-electron chi connectivity index (χ4n) is 1.35. The second kappa shape index (κ2) is 7.74. The van der Waals surface area contributed by atoms with Gasteiger partial charge < -0.3 is 11.1 Å². The van der Waals surface area contributed by atoms with E-state index in [1.807, 2.05) is 20.8 Å². The first-order valence-corrected chi connectivity index (χ1v) is 8.17. The summed E-state index contributed by atoms with van der Waals surface area (Å²) < 4.78 is 23.8. The fraction of sp³-hybridized carbons (Fsp3) is 0.917. The highest BCUT2D eigenvalue weighted by Gasteiger charge is 2.28. The number of hydrogen-bond acceptors (Lipinski definition) is 4. The van der Waals surface area contributed by atoms with Crippen molar-refractivity contribution >= 4 is 15.7 Å². The highest BCUT2D eigenvalue weighted by atomic mass is 32.2. The van der Waals surface area contributed by atoms with Gasteiger partial charge in [-0.2, -0.15) is 0 Å². The molecule has 0 heterocycles. The van der Waals surface area contributed by atoms with E-state index < -0.39 is 27.0 Å². The van der Waals surface area contributed by atoms with Crippen LogP contribution < -0.4 is 11.1 Å². The molecule has 6 heteroatoms. The summed E-state index contributed by atoms with van der Waals surface area (Å²) in [5.74, 6) is -0.0906. The van der Waals surface area contributed by atoms with E-state index in [9.17, 15) is 13.2 Å². The summed E-state index contributed by atoms with van der Waals surface area (Å²) in [6, 6.07) is -0.402. The highest BCUT2D eigenvalue weighted by molar-refractivity contribution is 7.92. The Hall–Kier alpha value is -0.620. The molecule has 0 aromatic carbocycles. The van der Waals surface area contributed by atoms with E-state index in [4.69, 9.17) is 5.73 Å². The lowest BCUT2D eigenvalue weighted by Crippen LogP contribution is -2.42. The molecule has 0 aliphatic rings. The van der Waals surface area contributed by atoms with E-state index in [1.165, 1.54) is 6.92 Å². The molecule has 0 saturated heterocycles. The number of hydrogen-bond donors (Lipinski definition) is 2. The van der Waals surface area contributed by atoms with E-state index >= 15 is 0 Å². The molecule has 0 bridgehead atoms. The van der Waals surface area contributed by atoms with Crippen LogP contribution in [0, 0.1) is 5.92 Å². The standard InChI is InChI=1S/C12H26N2O3S/c1-5-11(13)8-18(16,17)10(4)12(15)14-7-6-9(2)3/h9-11H,5-8,13H2,1-4H3,(H,14,15). The Kier molecular flexibility index (Phi) is 7.47. The van der Waals surface area contributed by atoms with Crippen molar-refractivity contribution in [1.82, 2.24) is 5.32 Å². The van der Waals surface area contributed by atoms with E-state index in [0.717, 1.165) is 6.42 Å². The monoisotopic (exact) mass is 278 g/mol. The predicted molar refractivity (Wildman–Crippen MR) is 74.0 cm³/mol. The maximum Gasteiger partial charge on any atom is 0.238 e. The Balaban J connectivity index is 4.35. The lowest BCUT2D eigenvalue weighted by molar-refractivity contribution is -0.120. The molecule has 108 valence electrons. The van der Waals surface area contributed by atoms with Gasteiger partial charge in [0.15, 0.2) is 9.84 Å². The van der Waals surface area contributed by atoms with Crippen LogP contribution >= 0.6 is 0 Å². The van der Waals surface area contributed by atoms with Gasteiger partial charge in [0.1, 0.15) is 5.25 Å². The lowest BCUT2D eigenvalue weighted by Gasteiger charge is -2.16. The number of rotatable bonds is 8. The number of carbonyl (C=O) groups excluding carboxylic acids is 1. The first kappa shape index (κ1) is 17.4. The summed E-state index contributed by atoms with van der Waals surface area (Å²) in [6.45, 7) is 7.85. The van der Waals surface area contributed by atoms with Gasteiger partial charge in [0.2, 0.25) is 5.91 Å². The quantitative estimate of drug-likeness (QED) is 0.683. The molecule has 0 radical (unpaired) electrons. The summed E-state index contributed by atoms with van der Waals surface area (Å²) in [5.41, 5.74) is 5.63. The van der Waals surface area contributed by atoms with Crippen molar-refractivity contribution in [2.45, 2.75) is 51.8 Å². The van der Waals surface area contributed by atoms with Crippen molar-refractivity contribution in [1.29, 1.82) is 0 Å². The van der Waals surface area contributed by atoms with Crippen LogP contribution in [0.15, 0.2) is 0 Å². The van der Waals surface area contributed by atoms with Crippen molar-refractivity contribution in [3.05, 3.63) is 0 Å². The minimum atomic E-state index is -3.46. The van der Waals surface area contributed by atoms with E-state index in [2.05, 4.69) is 5.32 Å². The highest BCUT2D eigenvalue weighted by Crippen LogP contribution is 2.06. The molecule has 0 aliphatic heterocycles. The minimum absolute atomic E-state index is 0.137. The molecule has 2 atom stereocenters. The lowest BCUT2D eigenvalue weighted by atomic mass is 10.1. The van der Waals surface area contributed by atoms with Crippen LogP contribution in [0.3, 0.4) is 0 Å². The molecule has 0 aliphatic carbocycles. The van der Waals surface area contributed by atoms with Gasteiger partial charge in [-0.1, -0.05) is 20.8 Å². The van der Waals surface area contributed by atoms with Crippen molar-refractivity contribution in [2.75, 3.05) is 12.3 Å². The SMILES string of the molecule is CCC(N)CS(=O)(=O)C(C)C(=O)NCCC(C)C. The molecule has 18 heavy (non-hydrogen) atoms. The first-order valence-electron chi connectivity index (χ1n) is 6.45. The Bertz CT molecular complexity index is 352. The Labute approximate surface area is 110 Å². The van der Waals surface area contributed by atoms with E-state index in [0.29, 0.717) is 18.9 Å². The van der Waals surface area contributed by atoms with Crippen molar-refractivity contribution in [2.24, 2.45) is 11.7 Å². The molecule has 2 unspecified atom stereocenters. The molecule has 0 aromatic rings. The van der Waals surface area contributed by atoms with E-state index in [-0.39, 0.29) is 5.75 Å². The van der Waals surface area contributed by atoms with Gasteiger partial charge in [0, 0.05) is 12.6 Å². The Morgan fingerprint density at radius 3 is 2.28 bits per heavy atom. The van der Waals surface area contributed by atoms with Gasteiger partial charge >= 0.3 is 0 Å². The second-order valence-corrected chi connectivity index (χ2v) is 7.48. The average molecular weight is 278 g/mol. The number of sulfone groups is 1. The number of nitrogens with one attached hydrogen (secondary N) is 1. The minimum Gasteiger partial charge on any atom is -0.355 e. The maximum absolute atomic E-state index is 11.9. The summed E-state index contributed by atoms with van der Waals surface area (Å²) in [7, 11) is -3.46. The van der Waals surface area contributed by atoms with Crippen LogP contribution in [0.4, 0.5) is 0 Å². The van der Waals surface area contributed by atoms with Crippen molar-refractivity contribution in [3.8, 4) is 0 Å². The van der Waals surface area contributed by atoms with Gasteiger partial charge in [-0.05, 0) is 25.7 Å². The third-order valence-electron chi connectivity index (χ3n) is 2.90. The van der Waals surface area contributed by atoms with Crippen LogP contribution in [0.1, 0.15) is 40.5 Å². The molecule has 0 aromatic heterocycles. The summed E-state index contributed by atoms with van der Waals surface area (Å²) in [6.07, 6.45) is 1.42. The van der Waals surface area contributed by atoms with Crippen LogP contribution in [0.5, 0.6) is 0 Å². The molecule has 0 spiro atoms. The van der Waals surface area contributed by atoms with Gasteiger partial charge in [-0.3, -0.25) is 4.79 Å². The molecular formula is C12H26N2O3S. The summed E-state index contributed by atoms with van der Waals surface area (Å²) in [5, 5.41) is 1.63.